The summed E-state index contributed by atoms with van der Waals surface area (Å²) >= 11 is 0. The van der Waals surface area contributed by atoms with Gasteiger partial charge in [0.25, 0.3) is 0 Å². The van der Waals surface area contributed by atoms with Crippen LogP contribution in [0.1, 0.15) is 22.7 Å². The molecule has 1 aromatic heterocycles. The summed E-state index contributed by atoms with van der Waals surface area (Å²) in [6.45, 7) is 5.81. The number of hydrogen-bond donors (Lipinski definition) is 0. The summed E-state index contributed by atoms with van der Waals surface area (Å²) < 4.78 is 5.31. The highest BCUT2D eigenvalue weighted by atomic mass is 16.5. The average molecular weight is 395 g/mol. The van der Waals surface area contributed by atoms with Crippen molar-refractivity contribution in [2.24, 2.45) is 11.8 Å². The second kappa shape index (κ2) is 8.03. The molecule has 2 saturated heterocycles. The number of aryl methyl sites for hydroxylation is 1. The first kappa shape index (κ1) is 19.7. The maximum absolute atomic E-state index is 12.9. The van der Waals surface area contributed by atoms with Gasteiger partial charge >= 0.3 is 6.03 Å². The van der Waals surface area contributed by atoms with Crippen molar-refractivity contribution in [1.29, 1.82) is 0 Å². The Kier molecular flexibility index (Phi) is 5.46. The predicted molar refractivity (Wildman–Crippen MR) is 113 cm³/mol. The van der Waals surface area contributed by atoms with E-state index < -0.39 is 0 Å². The van der Waals surface area contributed by atoms with Crippen LogP contribution in [0.3, 0.4) is 0 Å². The van der Waals surface area contributed by atoms with Gasteiger partial charge < -0.3 is 14.5 Å². The number of rotatable bonds is 4. The number of carbonyl (C=O) groups is 1. The van der Waals surface area contributed by atoms with E-state index in [1.807, 2.05) is 20.3 Å². The number of carbonyl (C=O) groups excluding carboxylic acids is 1. The first-order valence-corrected chi connectivity index (χ1v) is 10.2. The maximum atomic E-state index is 12.9. The van der Waals surface area contributed by atoms with Gasteiger partial charge in [-0.3, -0.25) is 9.88 Å². The molecular weight excluding hydrogens is 364 g/mol. The largest absolute Gasteiger partial charge is 0.495 e. The fourth-order valence-electron chi connectivity index (χ4n) is 4.96. The summed E-state index contributed by atoms with van der Waals surface area (Å²) in [4.78, 5) is 23.5. The molecule has 0 aliphatic carbocycles. The number of ether oxygens (including phenoxy) is 1. The summed E-state index contributed by atoms with van der Waals surface area (Å²) in [5, 5.41) is 0. The zero-order valence-electron chi connectivity index (χ0n) is 17.7. The average Bonchev–Trinajstić information content (AvgIpc) is 3.25. The molecule has 4 rings (SSSR count). The van der Waals surface area contributed by atoms with Crippen LogP contribution in [0, 0.1) is 18.8 Å². The van der Waals surface area contributed by atoms with Crippen LogP contribution in [0.5, 0.6) is 5.75 Å². The van der Waals surface area contributed by atoms with Gasteiger partial charge in [0, 0.05) is 52.4 Å². The van der Waals surface area contributed by atoms with Gasteiger partial charge in [-0.05, 0) is 35.6 Å². The zero-order chi connectivity index (χ0) is 20.5. The quantitative estimate of drug-likeness (QED) is 0.799. The molecule has 6 nitrogen and oxygen atoms in total. The van der Waals surface area contributed by atoms with E-state index in [9.17, 15) is 4.79 Å². The third-order valence-corrected chi connectivity index (χ3v) is 6.29. The highest BCUT2D eigenvalue weighted by Crippen LogP contribution is 2.46. The molecule has 0 unspecified atom stereocenters. The number of hydrogen-bond acceptors (Lipinski definition) is 4. The van der Waals surface area contributed by atoms with Crippen molar-refractivity contribution < 1.29 is 9.53 Å². The number of amides is 2. The first-order chi connectivity index (χ1) is 14.0. The number of aromatic nitrogens is 1. The molecule has 3 atom stereocenters. The van der Waals surface area contributed by atoms with E-state index in [1.54, 1.807) is 18.2 Å². The summed E-state index contributed by atoms with van der Waals surface area (Å²) in [7, 11) is 5.35. The van der Waals surface area contributed by atoms with Crippen molar-refractivity contribution in [3.63, 3.8) is 0 Å². The van der Waals surface area contributed by atoms with Crippen LogP contribution >= 0.6 is 0 Å². The lowest BCUT2D eigenvalue weighted by Crippen LogP contribution is -2.41. The molecule has 29 heavy (non-hydrogen) atoms. The number of methoxy groups -OCH3 is 1. The normalized spacial score (nSPS) is 23.9. The third-order valence-electron chi connectivity index (χ3n) is 6.29. The van der Waals surface area contributed by atoms with E-state index in [-0.39, 0.29) is 12.1 Å². The van der Waals surface area contributed by atoms with E-state index in [0.29, 0.717) is 11.8 Å². The molecular formula is C23H30N4O2. The van der Waals surface area contributed by atoms with E-state index >= 15 is 0 Å². The molecule has 0 N–H and O–H groups in total. The van der Waals surface area contributed by atoms with E-state index in [0.717, 1.165) is 37.5 Å². The fraction of sp³-hybridized carbons (Fsp3) is 0.478. The number of fused-ring (bicyclic) bond motifs is 1. The van der Waals surface area contributed by atoms with Crippen LogP contribution in [0.4, 0.5) is 4.79 Å². The lowest BCUT2D eigenvalue weighted by molar-refractivity contribution is 0.151. The standard InChI is InChI=1S/C23H30N4O2/c1-16-7-5-6-8-20(16)22-21-15-26(12-17-9-19(29-4)11-24-10-17)13-18(21)14-27(22)23(28)25(2)3/h5-11,18,21-22H,12-15H2,1-4H3/t18-,21-,22+/m1/s1. The van der Waals surface area contributed by atoms with Gasteiger partial charge in [0.05, 0.1) is 19.3 Å². The lowest BCUT2D eigenvalue weighted by Gasteiger charge is -2.32. The van der Waals surface area contributed by atoms with Gasteiger partial charge in [-0.1, -0.05) is 24.3 Å². The Morgan fingerprint density at radius 3 is 2.72 bits per heavy atom. The molecule has 2 aromatic rings. The number of likely N-dealkylation sites (tertiary alicyclic amines) is 2. The SMILES string of the molecule is COc1cncc(CN2C[C@@H]3CN(C(=O)N(C)C)[C@@H](c4ccccc4C)[C@@H]3C2)c1. The van der Waals surface area contributed by atoms with E-state index in [4.69, 9.17) is 4.74 Å². The second-order valence-corrected chi connectivity index (χ2v) is 8.48. The minimum Gasteiger partial charge on any atom is -0.495 e. The van der Waals surface area contributed by atoms with Crippen molar-refractivity contribution in [2.45, 2.75) is 19.5 Å². The van der Waals surface area contributed by atoms with Crippen LogP contribution < -0.4 is 4.74 Å². The summed E-state index contributed by atoms with van der Waals surface area (Å²) in [5.41, 5.74) is 3.70. The highest BCUT2D eigenvalue weighted by Gasteiger charge is 2.49. The van der Waals surface area contributed by atoms with Crippen molar-refractivity contribution in [3.8, 4) is 5.75 Å². The van der Waals surface area contributed by atoms with Crippen LogP contribution in [0.25, 0.3) is 0 Å². The van der Waals surface area contributed by atoms with Gasteiger partial charge in [-0.15, -0.1) is 0 Å². The molecule has 0 spiro atoms. The number of nitrogens with zero attached hydrogens (tertiary/aromatic N) is 4. The second-order valence-electron chi connectivity index (χ2n) is 8.48. The molecule has 1 aromatic carbocycles. The maximum Gasteiger partial charge on any atom is 0.320 e. The monoisotopic (exact) mass is 394 g/mol. The molecule has 154 valence electrons. The first-order valence-electron chi connectivity index (χ1n) is 10.2. The zero-order valence-corrected chi connectivity index (χ0v) is 17.7. The van der Waals surface area contributed by atoms with Crippen molar-refractivity contribution in [2.75, 3.05) is 40.8 Å². The Morgan fingerprint density at radius 1 is 1.21 bits per heavy atom. The minimum atomic E-state index is 0.108. The summed E-state index contributed by atoms with van der Waals surface area (Å²) in [6, 6.07) is 10.8. The summed E-state index contributed by atoms with van der Waals surface area (Å²) in [6.07, 6.45) is 3.65. The van der Waals surface area contributed by atoms with Gasteiger partial charge in [-0.2, -0.15) is 0 Å². The molecule has 3 heterocycles. The van der Waals surface area contributed by atoms with Gasteiger partial charge in [-0.25, -0.2) is 4.79 Å². The van der Waals surface area contributed by atoms with E-state index in [2.05, 4.69) is 52.0 Å². The Labute approximate surface area is 173 Å². The van der Waals surface area contributed by atoms with Gasteiger partial charge in [0.2, 0.25) is 0 Å². The van der Waals surface area contributed by atoms with Gasteiger partial charge in [0.1, 0.15) is 5.75 Å². The van der Waals surface area contributed by atoms with Crippen LogP contribution in [0.15, 0.2) is 42.7 Å². The molecule has 0 saturated carbocycles. The minimum absolute atomic E-state index is 0.108. The Bertz CT molecular complexity index is 885. The molecule has 2 aliphatic rings. The Hall–Kier alpha value is -2.60. The Balaban J connectivity index is 1.57. The highest BCUT2D eigenvalue weighted by molar-refractivity contribution is 5.75. The van der Waals surface area contributed by atoms with Crippen molar-refractivity contribution in [1.82, 2.24) is 19.7 Å². The molecule has 2 aliphatic heterocycles. The van der Waals surface area contributed by atoms with Crippen molar-refractivity contribution >= 4 is 6.03 Å². The van der Waals surface area contributed by atoms with Crippen molar-refractivity contribution in [3.05, 3.63) is 59.4 Å². The third kappa shape index (κ3) is 3.81. The fourth-order valence-corrected chi connectivity index (χ4v) is 4.96. The predicted octanol–water partition coefficient (Wildman–Crippen LogP) is 3.19. The number of pyridine rings is 1. The van der Waals surface area contributed by atoms with Crippen LogP contribution in [-0.2, 0) is 6.54 Å². The topological polar surface area (TPSA) is 48.9 Å². The molecule has 2 fully saturated rings. The van der Waals surface area contributed by atoms with Crippen LogP contribution in [0.2, 0.25) is 0 Å². The van der Waals surface area contributed by atoms with Crippen LogP contribution in [-0.4, -0.2) is 66.6 Å². The molecule has 0 bridgehead atoms. The molecule has 0 radical (unpaired) electrons. The van der Waals surface area contributed by atoms with Gasteiger partial charge in [0.15, 0.2) is 0 Å². The smallest absolute Gasteiger partial charge is 0.320 e. The van der Waals surface area contributed by atoms with E-state index in [1.165, 1.54) is 11.1 Å². The summed E-state index contributed by atoms with van der Waals surface area (Å²) in [5.74, 6) is 1.73. The number of urea groups is 1. The number of benzene rings is 1. The molecule has 2 amide bonds. The lowest BCUT2D eigenvalue weighted by atomic mass is 9.88. The Morgan fingerprint density at radius 2 is 2.00 bits per heavy atom. The molecule has 6 heteroatoms.